The van der Waals surface area contributed by atoms with Gasteiger partial charge >= 0.3 is 18.1 Å². The van der Waals surface area contributed by atoms with Crippen LogP contribution in [-0.2, 0) is 14.3 Å². The number of piperidine rings is 1. The van der Waals surface area contributed by atoms with Crippen molar-refractivity contribution in [2.24, 2.45) is 0 Å². The third-order valence-corrected chi connectivity index (χ3v) is 6.05. The SMILES string of the molecule is COC(=O)c1ccc(N2C(=O)N(CCN(C)C)C(=O)C23CCN(C(=O)OC(C)(C)C)CC3)cc1. The quantitative estimate of drug-likeness (QED) is 0.478. The topological polar surface area (TPSA) is 99.7 Å². The molecule has 1 spiro atoms. The fourth-order valence-electron chi connectivity index (χ4n) is 4.28. The third kappa shape index (κ3) is 5.01. The van der Waals surface area contributed by atoms with Crippen LogP contribution in [-0.4, -0.2) is 97.2 Å². The summed E-state index contributed by atoms with van der Waals surface area (Å²) < 4.78 is 10.2. The predicted octanol–water partition coefficient (Wildman–Crippen LogP) is 2.57. The molecule has 2 aliphatic rings. The van der Waals surface area contributed by atoms with Crippen LogP contribution in [0.4, 0.5) is 15.3 Å². The first-order valence-corrected chi connectivity index (χ1v) is 11.4. The molecular formula is C24H34N4O6. The van der Waals surface area contributed by atoms with Crippen molar-refractivity contribution in [2.75, 3.05) is 52.3 Å². The first-order valence-electron chi connectivity index (χ1n) is 11.4. The van der Waals surface area contributed by atoms with Crippen molar-refractivity contribution in [1.29, 1.82) is 0 Å². The molecule has 4 amide bonds. The molecule has 0 unspecified atom stereocenters. The number of imide groups is 1. The Hall–Kier alpha value is -3.14. The highest BCUT2D eigenvalue weighted by Gasteiger charge is 2.59. The molecule has 0 radical (unpaired) electrons. The summed E-state index contributed by atoms with van der Waals surface area (Å²) in [4.78, 5) is 57.9. The van der Waals surface area contributed by atoms with Gasteiger partial charge in [0.2, 0.25) is 0 Å². The van der Waals surface area contributed by atoms with Gasteiger partial charge in [-0.2, -0.15) is 0 Å². The molecule has 186 valence electrons. The Morgan fingerprint density at radius 2 is 1.65 bits per heavy atom. The normalized spacial score (nSPS) is 18.1. The van der Waals surface area contributed by atoms with E-state index in [1.165, 1.54) is 16.9 Å². The van der Waals surface area contributed by atoms with Crippen molar-refractivity contribution < 1.29 is 28.7 Å². The smallest absolute Gasteiger partial charge is 0.410 e. The van der Waals surface area contributed by atoms with E-state index >= 15 is 0 Å². The molecule has 10 nitrogen and oxygen atoms in total. The summed E-state index contributed by atoms with van der Waals surface area (Å²) in [5.74, 6) is -0.747. The molecule has 0 atom stereocenters. The molecule has 10 heteroatoms. The summed E-state index contributed by atoms with van der Waals surface area (Å²) in [5.41, 5.74) is -0.859. The van der Waals surface area contributed by atoms with Crippen LogP contribution < -0.4 is 4.90 Å². The summed E-state index contributed by atoms with van der Waals surface area (Å²) >= 11 is 0. The highest BCUT2D eigenvalue weighted by molar-refractivity contribution is 6.17. The van der Waals surface area contributed by atoms with E-state index in [-0.39, 0.29) is 38.4 Å². The Balaban J connectivity index is 1.90. The number of urea groups is 1. The van der Waals surface area contributed by atoms with Crippen molar-refractivity contribution in [3.8, 4) is 0 Å². The lowest BCUT2D eigenvalue weighted by molar-refractivity contribution is -0.132. The van der Waals surface area contributed by atoms with E-state index in [9.17, 15) is 19.2 Å². The van der Waals surface area contributed by atoms with Gasteiger partial charge in [0.05, 0.1) is 12.7 Å². The van der Waals surface area contributed by atoms with E-state index in [0.717, 1.165) is 0 Å². The number of hydrogen-bond acceptors (Lipinski definition) is 7. The second kappa shape index (κ2) is 9.61. The van der Waals surface area contributed by atoms with Gasteiger partial charge in [-0.05, 0) is 72.0 Å². The lowest BCUT2D eigenvalue weighted by Gasteiger charge is -2.42. The monoisotopic (exact) mass is 474 g/mol. The number of hydrogen-bond donors (Lipinski definition) is 0. The van der Waals surface area contributed by atoms with Crippen LogP contribution in [0.1, 0.15) is 44.0 Å². The van der Waals surface area contributed by atoms with Gasteiger partial charge in [-0.15, -0.1) is 0 Å². The lowest BCUT2D eigenvalue weighted by Crippen LogP contribution is -2.58. The van der Waals surface area contributed by atoms with Gasteiger partial charge in [-0.25, -0.2) is 14.4 Å². The van der Waals surface area contributed by atoms with E-state index in [2.05, 4.69) is 0 Å². The van der Waals surface area contributed by atoms with E-state index < -0.39 is 29.2 Å². The van der Waals surface area contributed by atoms with Crippen LogP contribution in [0.2, 0.25) is 0 Å². The largest absolute Gasteiger partial charge is 0.465 e. The number of amides is 4. The number of anilines is 1. The van der Waals surface area contributed by atoms with Crippen LogP contribution in [0.25, 0.3) is 0 Å². The molecule has 2 aliphatic heterocycles. The van der Waals surface area contributed by atoms with Gasteiger partial charge < -0.3 is 19.3 Å². The van der Waals surface area contributed by atoms with E-state index in [1.54, 1.807) is 49.9 Å². The van der Waals surface area contributed by atoms with Crippen LogP contribution in [0.3, 0.4) is 0 Å². The van der Waals surface area contributed by atoms with Gasteiger partial charge in [0.1, 0.15) is 11.1 Å². The fourth-order valence-corrected chi connectivity index (χ4v) is 4.28. The fraction of sp³-hybridized carbons (Fsp3) is 0.583. The van der Waals surface area contributed by atoms with Gasteiger partial charge in [-0.1, -0.05) is 0 Å². The van der Waals surface area contributed by atoms with E-state index in [4.69, 9.17) is 9.47 Å². The molecular weight excluding hydrogens is 440 g/mol. The summed E-state index contributed by atoms with van der Waals surface area (Å²) in [6, 6.07) is 6.04. The number of likely N-dealkylation sites (N-methyl/N-ethyl adjacent to an activating group) is 1. The Labute approximate surface area is 200 Å². The summed E-state index contributed by atoms with van der Waals surface area (Å²) in [6.07, 6.45) is 0.139. The van der Waals surface area contributed by atoms with Gasteiger partial charge in [0.15, 0.2) is 0 Å². The maximum atomic E-state index is 13.7. The number of rotatable bonds is 5. The molecule has 0 saturated carbocycles. The molecule has 2 heterocycles. The second-order valence-electron chi connectivity index (χ2n) is 9.92. The molecule has 2 saturated heterocycles. The number of methoxy groups -OCH3 is 1. The summed E-state index contributed by atoms with van der Waals surface area (Å²) in [5, 5.41) is 0. The zero-order valence-corrected chi connectivity index (χ0v) is 20.8. The Morgan fingerprint density at radius 3 is 2.15 bits per heavy atom. The maximum absolute atomic E-state index is 13.7. The Kier molecular flexibility index (Phi) is 7.21. The molecule has 34 heavy (non-hydrogen) atoms. The van der Waals surface area contributed by atoms with Gasteiger partial charge in [0, 0.05) is 31.9 Å². The Morgan fingerprint density at radius 1 is 1.06 bits per heavy atom. The van der Waals surface area contributed by atoms with Crippen LogP contribution in [0.5, 0.6) is 0 Å². The number of likely N-dealkylation sites (tertiary alicyclic amines) is 1. The van der Waals surface area contributed by atoms with E-state index in [0.29, 0.717) is 17.8 Å². The molecule has 1 aromatic rings. The number of ether oxygens (including phenoxy) is 2. The number of nitrogens with zero attached hydrogens (tertiary/aromatic N) is 4. The average Bonchev–Trinajstić information content (AvgIpc) is 2.97. The number of benzene rings is 1. The molecule has 0 aromatic heterocycles. The number of esters is 1. The molecule has 0 aliphatic carbocycles. The molecule has 2 fully saturated rings. The minimum atomic E-state index is -1.10. The molecule has 1 aromatic carbocycles. The second-order valence-corrected chi connectivity index (χ2v) is 9.92. The highest BCUT2D eigenvalue weighted by atomic mass is 16.6. The van der Waals surface area contributed by atoms with Crippen LogP contribution in [0.15, 0.2) is 24.3 Å². The first-order chi connectivity index (χ1) is 15.9. The first kappa shape index (κ1) is 25.5. The summed E-state index contributed by atoms with van der Waals surface area (Å²) in [6.45, 7) is 6.78. The third-order valence-electron chi connectivity index (χ3n) is 6.05. The van der Waals surface area contributed by atoms with Crippen molar-refractivity contribution >= 4 is 29.7 Å². The molecule has 0 N–H and O–H groups in total. The predicted molar refractivity (Wildman–Crippen MR) is 126 cm³/mol. The van der Waals surface area contributed by atoms with Crippen molar-refractivity contribution in [2.45, 2.75) is 44.8 Å². The molecule has 0 bridgehead atoms. The van der Waals surface area contributed by atoms with Crippen molar-refractivity contribution in [3.05, 3.63) is 29.8 Å². The summed E-state index contributed by atoms with van der Waals surface area (Å²) in [7, 11) is 5.06. The highest BCUT2D eigenvalue weighted by Crippen LogP contribution is 2.41. The minimum absolute atomic E-state index is 0.263. The Bertz CT molecular complexity index is 945. The zero-order valence-electron chi connectivity index (χ0n) is 20.8. The van der Waals surface area contributed by atoms with Crippen molar-refractivity contribution in [3.63, 3.8) is 0 Å². The van der Waals surface area contributed by atoms with Crippen molar-refractivity contribution in [1.82, 2.24) is 14.7 Å². The zero-order chi connectivity index (χ0) is 25.3. The number of carbonyl (C=O) groups excluding carboxylic acids is 4. The standard InChI is InChI=1S/C24H34N4O6/c1-23(2,3)34-22(32)26-13-11-24(12-14-26)20(30)27(16-15-25(4)5)21(31)28(24)18-9-7-17(8-10-18)19(29)33-6/h7-10H,11-16H2,1-6H3. The van der Waals surface area contributed by atoms with E-state index in [1.807, 2.05) is 19.0 Å². The van der Waals surface area contributed by atoms with Crippen LogP contribution in [0, 0.1) is 0 Å². The lowest BCUT2D eigenvalue weighted by atomic mass is 9.85. The number of carbonyl (C=O) groups is 4. The van der Waals surface area contributed by atoms with Gasteiger partial charge in [-0.3, -0.25) is 14.6 Å². The maximum Gasteiger partial charge on any atom is 0.410 e. The van der Waals surface area contributed by atoms with Crippen LogP contribution >= 0.6 is 0 Å². The molecule has 3 rings (SSSR count). The average molecular weight is 475 g/mol. The van der Waals surface area contributed by atoms with Gasteiger partial charge in [0.25, 0.3) is 5.91 Å². The minimum Gasteiger partial charge on any atom is -0.465 e.